The van der Waals surface area contributed by atoms with Crippen molar-refractivity contribution < 1.29 is 22.0 Å². The van der Waals surface area contributed by atoms with E-state index in [4.69, 9.17) is 0 Å². The maximum absolute atomic E-state index is 14.4. The molecular weight excluding hydrogens is 536 g/mol. The van der Waals surface area contributed by atoms with Gasteiger partial charge < -0.3 is 20.5 Å². The highest BCUT2D eigenvalue weighted by Crippen LogP contribution is 2.26. The second kappa shape index (κ2) is 12.2. The maximum atomic E-state index is 14.4. The van der Waals surface area contributed by atoms with E-state index < -0.39 is 27.5 Å². The Kier molecular flexibility index (Phi) is 8.62. The Morgan fingerprint density at radius 1 is 1.18 bits per heavy atom. The van der Waals surface area contributed by atoms with Gasteiger partial charge in [0.05, 0.1) is 29.4 Å². The van der Waals surface area contributed by atoms with E-state index in [0.29, 0.717) is 55.6 Å². The number of rotatable bonds is 10. The Hall–Kier alpha value is -3.15. The van der Waals surface area contributed by atoms with Gasteiger partial charge in [0, 0.05) is 24.7 Å². The summed E-state index contributed by atoms with van der Waals surface area (Å²) in [7, 11) is -2.96. The summed E-state index contributed by atoms with van der Waals surface area (Å²) >= 11 is 0. The molecule has 40 heavy (non-hydrogen) atoms. The Bertz CT molecular complexity index is 1480. The number of fused-ring (bicyclic) bond motifs is 1. The molecule has 1 fully saturated rings. The molecule has 1 unspecified atom stereocenters. The summed E-state index contributed by atoms with van der Waals surface area (Å²) in [5, 5.41) is 9.66. The molecule has 1 saturated heterocycles. The van der Waals surface area contributed by atoms with Crippen LogP contribution in [0.15, 0.2) is 48.9 Å². The van der Waals surface area contributed by atoms with Gasteiger partial charge in [-0.05, 0) is 60.9 Å². The SMILES string of the molecule is CCC[C@@H](N[C@H]1CCc2cc(F)cc(F)c2C1)C(=O)Nc1cn(-c2ccccc2CNC2CCS(=O)(=O)C2)cn1. The monoisotopic (exact) mass is 571 g/mol. The molecule has 0 spiro atoms. The van der Waals surface area contributed by atoms with Gasteiger partial charge in [-0.3, -0.25) is 4.79 Å². The van der Waals surface area contributed by atoms with E-state index in [0.717, 1.165) is 23.7 Å². The summed E-state index contributed by atoms with van der Waals surface area (Å²) in [6.45, 7) is 2.51. The highest BCUT2D eigenvalue weighted by molar-refractivity contribution is 7.91. The molecule has 3 N–H and O–H groups in total. The number of hydrogen-bond donors (Lipinski definition) is 3. The van der Waals surface area contributed by atoms with E-state index >= 15 is 0 Å². The van der Waals surface area contributed by atoms with E-state index in [9.17, 15) is 22.0 Å². The highest BCUT2D eigenvalue weighted by atomic mass is 32.2. The Morgan fingerprint density at radius 2 is 2.00 bits per heavy atom. The van der Waals surface area contributed by atoms with Crippen molar-refractivity contribution in [1.29, 1.82) is 0 Å². The van der Waals surface area contributed by atoms with Crippen LogP contribution in [0.2, 0.25) is 0 Å². The second-order valence-electron chi connectivity index (χ2n) is 10.7. The van der Waals surface area contributed by atoms with Crippen LogP contribution in [-0.4, -0.2) is 53.5 Å². The molecule has 1 aromatic heterocycles. The molecule has 3 atom stereocenters. The first-order chi connectivity index (χ1) is 19.2. The largest absolute Gasteiger partial charge is 0.309 e. The fourth-order valence-corrected chi connectivity index (χ4v) is 7.36. The first-order valence-corrected chi connectivity index (χ1v) is 15.6. The number of halogens is 2. The molecule has 2 aromatic carbocycles. The van der Waals surface area contributed by atoms with Crippen molar-refractivity contribution in [3.63, 3.8) is 0 Å². The average Bonchev–Trinajstić information content (AvgIpc) is 3.53. The van der Waals surface area contributed by atoms with Crippen molar-refractivity contribution >= 4 is 21.6 Å². The van der Waals surface area contributed by atoms with Gasteiger partial charge in [-0.2, -0.15) is 0 Å². The van der Waals surface area contributed by atoms with Crippen molar-refractivity contribution in [3.8, 4) is 5.69 Å². The van der Waals surface area contributed by atoms with Crippen LogP contribution in [0.5, 0.6) is 0 Å². The van der Waals surface area contributed by atoms with Crippen molar-refractivity contribution in [2.45, 2.75) is 70.1 Å². The van der Waals surface area contributed by atoms with Gasteiger partial charge in [-0.25, -0.2) is 22.2 Å². The smallest absolute Gasteiger partial charge is 0.242 e. The van der Waals surface area contributed by atoms with Crippen LogP contribution in [0.1, 0.15) is 49.3 Å². The third kappa shape index (κ3) is 6.76. The Labute approximate surface area is 233 Å². The lowest BCUT2D eigenvalue weighted by Gasteiger charge is -2.29. The highest BCUT2D eigenvalue weighted by Gasteiger charge is 2.28. The predicted molar refractivity (Wildman–Crippen MR) is 150 cm³/mol. The molecule has 1 aliphatic carbocycles. The number of hydrogen-bond acceptors (Lipinski definition) is 6. The minimum Gasteiger partial charge on any atom is -0.309 e. The number of imidazole rings is 1. The van der Waals surface area contributed by atoms with Gasteiger partial charge in [-0.1, -0.05) is 31.5 Å². The van der Waals surface area contributed by atoms with Crippen molar-refractivity contribution in [3.05, 3.63) is 77.2 Å². The average molecular weight is 572 g/mol. The molecular formula is C29H35F2N5O3S. The zero-order valence-corrected chi connectivity index (χ0v) is 23.3. The van der Waals surface area contributed by atoms with Crippen molar-refractivity contribution in [1.82, 2.24) is 20.2 Å². The molecule has 0 saturated carbocycles. The van der Waals surface area contributed by atoms with Crippen LogP contribution in [0.4, 0.5) is 14.6 Å². The number of sulfone groups is 1. The number of carbonyl (C=O) groups is 1. The van der Waals surface area contributed by atoms with Gasteiger partial charge in [-0.15, -0.1) is 0 Å². The molecule has 2 heterocycles. The zero-order valence-electron chi connectivity index (χ0n) is 22.5. The van der Waals surface area contributed by atoms with Crippen molar-refractivity contribution in [2.75, 3.05) is 16.8 Å². The molecule has 11 heteroatoms. The third-order valence-corrected chi connectivity index (χ3v) is 9.48. The zero-order chi connectivity index (χ0) is 28.3. The topological polar surface area (TPSA) is 105 Å². The summed E-state index contributed by atoms with van der Waals surface area (Å²) < 4.78 is 53.4. The van der Waals surface area contributed by atoms with Gasteiger partial charge in [0.25, 0.3) is 0 Å². The summed E-state index contributed by atoms with van der Waals surface area (Å²) in [6.07, 6.45) is 7.03. The van der Waals surface area contributed by atoms with Gasteiger partial charge in [0.1, 0.15) is 18.0 Å². The minimum atomic E-state index is -2.96. The standard InChI is InChI=1S/C29H35F2N5O3S/c1-2-5-26(34-22-9-8-19-12-21(30)13-25(31)24(19)14-22)29(37)35-28-16-36(18-33-28)27-7-4-3-6-20(27)15-32-23-10-11-40(38,39)17-23/h3-4,6-7,12-13,16,18,22-23,26,32,34H,2,5,8-11,14-15,17H2,1H3,(H,35,37)/t22-,23?,26+/m0/s1. The van der Waals surface area contributed by atoms with Crippen LogP contribution in [0.3, 0.4) is 0 Å². The second-order valence-corrected chi connectivity index (χ2v) is 13.0. The number of para-hydroxylation sites is 1. The fraction of sp³-hybridized carbons (Fsp3) is 0.448. The van der Waals surface area contributed by atoms with E-state index in [-0.39, 0.29) is 29.5 Å². The molecule has 214 valence electrons. The number of benzene rings is 2. The molecule has 8 nitrogen and oxygen atoms in total. The first-order valence-electron chi connectivity index (χ1n) is 13.8. The van der Waals surface area contributed by atoms with E-state index in [1.165, 1.54) is 6.07 Å². The fourth-order valence-electron chi connectivity index (χ4n) is 5.65. The normalized spacial score (nSPS) is 20.7. The number of nitrogens with one attached hydrogen (secondary N) is 3. The number of amides is 1. The number of aromatic nitrogens is 2. The summed E-state index contributed by atoms with van der Waals surface area (Å²) in [6, 6.07) is 9.44. The van der Waals surface area contributed by atoms with E-state index in [1.54, 1.807) is 12.5 Å². The number of aryl methyl sites for hydroxylation is 1. The van der Waals surface area contributed by atoms with Crippen molar-refractivity contribution in [2.24, 2.45) is 0 Å². The Balaban J connectivity index is 1.22. The van der Waals surface area contributed by atoms with Gasteiger partial charge in [0.2, 0.25) is 5.91 Å². The molecule has 0 bridgehead atoms. The molecule has 1 amide bonds. The summed E-state index contributed by atoms with van der Waals surface area (Å²) in [4.78, 5) is 17.6. The van der Waals surface area contributed by atoms with Crippen LogP contribution < -0.4 is 16.0 Å². The lowest BCUT2D eigenvalue weighted by molar-refractivity contribution is -0.118. The molecule has 0 radical (unpaired) electrons. The lowest BCUT2D eigenvalue weighted by Crippen LogP contribution is -2.48. The first kappa shape index (κ1) is 28.4. The van der Waals surface area contributed by atoms with Crippen LogP contribution >= 0.6 is 0 Å². The van der Waals surface area contributed by atoms with Crippen LogP contribution in [-0.2, 0) is 34.0 Å². The summed E-state index contributed by atoms with van der Waals surface area (Å²) in [5.74, 6) is -0.524. The molecule has 3 aromatic rings. The predicted octanol–water partition coefficient (Wildman–Crippen LogP) is 3.68. The minimum absolute atomic E-state index is 0.0611. The van der Waals surface area contributed by atoms with Gasteiger partial charge >= 0.3 is 0 Å². The third-order valence-electron chi connectivity index (χ3n) is 7.71. The molecule has 5 rings (SSSR count). The number of anilines is 1. The quantitative estimate of drug-likeness (QED) is 0.343. The van der Waals surface area contributed by atoms with Crippen LogP contribution in [0.25, 0.3) is 5.69 Å². The maximum Gasteiger partial charge on any atom is 0.242 e. The van der Waals surface area contributed by atoms with Gasteiger partial charge in [0.15, 0.2) is 15.7 Å². The number of nitrogens with zero attached hydrogens (tertiary/aromatic N) is 2. The van der Waals surface area contributed by atoms with E-state index in [1.807, 2.05) is 35.8 Å². The van der Waals surface area contributed by atoms with E-state index in [2.05, 4.69) is 20.9 Å². The molecule has 2 aliphatic rings. The Morgan fingerprint density at radius 3 is 2.77 bits per heavy atom. The van der Waals surface area contributed by atoms with Crippen LogP contribution in [0, 0.1) is 11.6 Å². The summed E-state index contributed by atoms with van der Waals surface area (Å²) in [5.41, 5.74) is 3.08. The molecule has 1 aliphatic heterocycles. The lowest BCUT2D eigenvalue weighted by atomic mass is 9.87. The number of carbonyl (C=O) groups excluding carboxylic acids is 1.